The van der Waals surface area contributed by atoms with E-state index in [0.717, 1.165) is 0 Å². The van der Waals surface area contributed by atoms with E-state index in [0.29, 0.717) is 7.25 Å². The van der Waals surface area contributed by atoms with Gasteiger partial charge >= 0.3 is 412 Å². The summed E-state index contributed by atoms with van der Waals surface area (Å²) in [6.07, 6.45) is 18.4. The summed E-state index contributed by atoms with van der Waals surface area (Å²) in [5, 5.41) is 0. The third kappa shape index (κ3) is 10.3. The molecule has 2 heteroatoms. The fourth-order valence-corrected chi connectivity index (χ4v) is 35.1. The predicted octanol–water partition coefficient (Wildman–Crippen LogP) is 18.9. The number of unbranched alkanes of at least 4 members (excludes halogenated alkanes) is 6. The van der Waals surface area contributed by atoms with E-state index in [1.165, 1.54) is 164 Å². The van der Waals surface area contributed by atoms with Gasteiger partial charge in [0.1, 0.15) is 0 Å². The van der Waals surface area contributed by atoms with Gasteiger partial charge in [0.05, 0.1) is 0 Å². The summed E-state index contributed by atoms with van der Waals surface area (Å²) in [4.78, 5) is 0. The normalized spacial score (nSPS) is 15.3. The second-order valence-electron chi connectivity index (χ2n) is 21.1. The quantitative estimate of drug-likeness (QED) is 0.0631. The molecule has 6 aromatic carbocycles. The van der Waals surface area contributed by atoms with E-state index in [1.54, 1.807) is 22.3 Å². The summed E-state index contributed by atoms with van der Waals surface area (Å²) in [6, 6.07) is 39.3. The summed E-state index contributed by atoms with van der Waals surface area (Å²) in [5.41, 5.74) is 32.2. The second kappa shape index (κ2) is 21.0. The molecule has 0 bridgehead atoms. The fraction of sp³-hybridized carbons (Fsp3) is 0.375. The van der Waals surface area contributed by atoms with E-state index in [-0.39, 0.29) is 0 Å². The van der Waals surface area contributed by atoms with Crippen molar-refractivity contribution >= 4 is 18.1 Å². The van der Waals surface area contributed by atoms with Crippen molar-refractivity contribution in [3.8, 4) is 44.5 Å². The van der Waals surface area contributed by atoms with Crippen LogP contribution in [-0.4, -0.2) is 5.92 Å². The van der Waals surface area contributed by atoms with Gasteiger partial charge in [0.25, 0.3) is 0 Å². The van der Waals surface area contributed by atoms with Crippen molar-refractivity contribution in [1.29, 1.82) is 0 Å². The molecule has 0 spiro atoms. The van der Waals surface area contributed by atoms with Crippen molar-refractivity contribution in [2.75, 3.05) is 0 Å². The molecule has 2 aliphatic carbocycles. The van der Waals surface area contributed by atoms with Gasteiger partial charge in [0.2, 0.25) is 0 Å². The fourth-order valence-electron chi connectivity index (χ4n) is 12.2. The van der Waals surface area contributed by atoms with Gasteiger partial charge in [0.15, 0.2) is 0 Å². The van der Waals surface area contributed by atoms with Crippen molar-refractivity contribution in [1.82, 2.24) is 0 Å². The number of allylic oxidation sites excluding steroid dienone is 2. The van der Waals surface area contributed by atoms with E-state index in [1.807, 2.05) is 0 Å². The molecule has 0 aromatic heterocycles. The van der Waals surface area contributed by atoms with Crippen molar-refractivity contribution in [3.05, 3.63) is 175 Å². The molecule has 2 atom stereocenters. The van der Waals surface area contributed by atoms with E-state index < -0.39 is 26.8 Å². The summed E-state index contributed by atoms with van der Waals surface area (Å²) in [6.45, 7) is 28.6. The van der Waals surface area contributed by atoms with E-state index in [9.17, 15) is 0 Å². The molecule has 6 aromatic rings. The first-order valence-electron chi connectivity index (χ1n) is 25.7. The van der Waals surface area contributed by atoms with Crippen molar-refractivity contribution < 1.29 is 20.9 Å². The summed E-state index contributed by atoms with van der Waals surface area (Å²) in [5.74, 6) is -1.25. The Morgan fingerprint density at radius 3 is 0.955 bits per heavy atom. The molecular weight excluding hydrogens is 888 g/mol. The van der Waals surface area contributed by atoms with Crippen molar-refractivity contribution in [3.63, 3.8) is 0 Å². The Balaban J connectivity index is 1.44. The monoisotopic (exact) mass is 963 g/mol. The minimum absolute atomic E-state index is 0.532. The summed E-state index contributed by atoms with van der Waals surface area (Å²) >= 11 is -2.66. The molecule has 8 rings (SSSR count). The Morgan fingerprint density at radius 2 is 0.667 bits per heavy atom. The molecule has 2 unspecified atom stereocenters. The average Bonchev–Trinajstić information content (AvgIpc) is 3.81. The molecule has 0 radical (unpaired) electrons. The van der Waals surface area contributed by atoms with Crippen LogP contribution in [-0.2, 0) is 20.9 Å². The Morgan fingerprint density at radius 1 is 0.379 bits per heavy atom. The summed E-state index contributed by atoms with van der Waals surface area (Å²) < 4.78 is 1.06. The minimum atomic E-state index is -2.66. The van der Waals surface area contributed by atoms with Crippen LogP contribution in [0.4, 0.5) is 0 Å². The standard InChI is InChI=1S/2C31H35.C2H7Si.Zr/c2*1-6-7-8-9-10-25-19-30-28(26-15-21(2)13-22(3)16-26)11-12-29(31(30)20-25)27-17-23(4)14-24(5)18-27;1-3-2;/h2*11-20H,6-10H2,1-5H3;3H,1-2H3;. The van der Waals surface area contributed by atoms with Gasteiger partial charge in [0, 0.05) is 0 Å². The molecule has 0 heterocycles. The molecule has 0 amide bonds. The zero-order chi connectivity index (χ0) is 46.8. The van der Waals surface area contributed by atoms with Gasteiger partial charge in [-0.3, -0.25) is 0 Å². The van der Waals surface area contributed by atoms with Crippen molar-refractivity contribution in [2.24, 2.45) is 0 Å². The third-order valence-corrected chi connectivity index (χ3v) is 36.3. The average molecular weight is 966 g/mol. The Labute approximate surface area is 409 Å². The molecule has 341 valence electrons. The SMILES string of the molecule is CCCCCCC1=Cc2c(-c3cc(C)cc(C)c3)ccc(-c3cc(C)cc(C)c3)c2[CH]1[Zr]([CH]1C(CCCCCC)=Cc2c(-c3cc(C)cc(C)c3)ccc(-c3cc(C)cc(C)c3)c21)[SiH](C)C. The van der Waals surface area contributed by atoms with Crippen LogP contribution in [0.5, 0.6) is 0 Å². The van der Waals surface area contributed by atoms with Gasteiger partial charge in [-0.25, -0.2) is 0 Å². The molecule has 0 nitrogen and oxygen atoms in total. The first-order chi connectivity index (χ1) is 31.7. The van der Waals surface area contributed by atoms with Crippen LogP contribution < -0.4 is 0 Å². The number of fused-ring (bicyclic) bond motifs is 2. The topological polar surface area (TPSA) is 0 Å². The van der Waals surface area contributed by atoms with Gasteiger partial charge in [-0.2, -0.15) is 0 Å². The first kappa shape index (κ1) is 48.4. The van der Waals surface area contributed by atoms with E-state index in [2.05, 4.69) is 192 Å². The zero-order valence-corrected chi connectivity index (χ0v) is 46.3. The Kier molecular flexibility index (Phi) is 15.4. The zero-order valence-electron chi connectivity index (χ0n) is 42.7. The van der Waals surface area contributed by atoms with E-state index >= 15 is 0 Å². The number of benzene rings is 6. The number of rotatable bonds is 17. The molecule has 0 fully saturated rings. The number of hydrogen-bond acceptors (Lipinski definition) is 0. The van der Waals surface area contributed by atoms with Crippen molar-refractivity contribution in [2.45, 2.75) is 154 Å². The van der Waals surface area contributed by atoms with E-state index in [4.69, 9.17) is 0 Å². The molecule has 2 aliphatic rings. The molecule has 0 saturated carbocycles. The molecule has 66 heavy (non-hydrogen) atoms. The Hall–Kier alpha value is -4.10. The molecule has 0 N–H and O–H groups in total. The van der Waals surface area contributed by atoms with Crippen LogP contribution in [0.2, 0.25) is 13.1 Å². The van der Waals surface area contributed by atoms with Crippen LogP contribution in [0, 0.1) is 55.4 Å². The van der Waals surface area contributed by atoms with Crippen LogP contribution in [0.1, 0.15) is 152 Å². The maximum atomic E-state index is 2.79. The molecular formula is C64H77SiZr. The van der Waals surface area contributed by atoms with Crippen LogP contribution >= 0.6 is 0 Å². The third-order valence-electron chi connectivity index (χ3n) is 14.7. The summed E-state index contributed by atoms with van der Waals surface area (Å²) in [7, 11) is 0. The molecule has 0 aliphatic heterocycles. The van der Waals surface area contributed by atoms with Gasteiger partial charge in [-0.15, -0.1) is 0 Å². The first-order valence-corrected chi connectivity index (χ1v) is 35.7. The molecule has 0 saturated heterocycles. The maximum absolute atomic E-state index is 2.79. The number of hydrogen-bond donors (Lipinski definition) is 0. The predicted molar refractivity (Wildman–Crippen MR) is 290 cm³/mol. The van der Waals surface area contributed by atoms with Crippen LogP contribution in [0.15, 0.2) is 108 Å². The number of aryl methyl sites for hydroxylation is 8. The second-order valence-corrected chi connectivity index (χ2v) is 41.1. The van der Waals surface area contributed by atoms with Crippen LogP contribution in [0.3, 0.4) is 0 Å². The van der Waals surface area contributed by atoms with Gasteiger partial charge < -0.3 is 0 Å². The van der Waals surface area contributed by atoms with Crippen LogP contribution in [0.25, 0.3) is 56.7 Å². The van der Waals surface area contributed by atoms with Gasteiger partial charge in [-0.1, -0.05) is 0 Å². The van der Waals surface area contributed by atoms with Gasteiger partial charge in [-0.05, 0) is 0 Å². The Bertz CT molecular complexity index is 2540.